The lowest BCUT2D eigenvalue weighted by molar-refractivity contribution is -0.000370. The Labute approximate surface area is 173 Å². The van der Waals surface area contributed by atoms with Crippen LogP contribution in [0.3, 0.4) is 0 Å². The van der Waals surface area contributed by atoms with Gasteiger partial charge in [0.05, 0.1) is 5.60 Å². The molecule has 0 radical (unpaired) electrons. The summed E-state index contributed by atoms with van der Waals surface area (Å²) in [4.78, 5) is 11.4. The van der Waals surface area contributed by atoms with Gasteiger partial charge in [-0.05, 0) is 31.2 Å². The highest BCUT2D eigenvalue weighted by Gasteiger charge is 2.37. The van der Waals surface area contributed by atoms with Gasteiger partial charge in [-0.25, -0.2) is 4.98 Å². The average Bonchev–Trinajstić information content (AvgIpc) is 3.28. The number of imidazole rings is 1. The molecule has 7 heteroatoms. The Morgan fingerprint density at radius 1 is 1.03 bits per heavy atom. The summed E-state index contributed by atoms with van der Waals surface area (Å²) in [6.45, 7) is 8.11. The Balaban J connectivity index is 1.25. The SMILES string of the molecule is CN1CCN(C[C@@]2(O)CCN(Cc3ccc(OCc4nccn4C)cc3)C2)CC1. The minimum absolute atomic E-state index is 0.467. The number of hydrogen-bond donors (Lipinski definition) is 1. The molecule has 7 nitrogen and oxygen atoms in total. The third kappa shape index (κ3) is 5.36. The molecule has 0 bridgehead atoms. The maximum absolute atomic E-state index is 11.1. The fraction of sp³-hybridized carbons (Fsp3) is 0.591. The van der Waals surface area contributed by atoms with Crippen molar-refractivity contribution in [1.82, 2.24) is 24.3 Å². The van der Waals surface area contributed by atoms with Crippen molar-refractivity contribution in [2.75, 3.05) is 52.9 Å². The van der Waals surface area contributed by atoms with E-state index in [1.165, 1.54) is 5.56 Å². The fourth-order valence-electron chi connectivity index (χ4n) is 4.26. The van der Waals surface area contributed by atoms with Gasteiger partial charge in [0.25, 0.3) is 0 Å². The summed E-state index contributed by atoms with van der Waals surface area (Å²) in [5.74, 6) is 1.76. The van der Waals surface area contributed by atoms with Crippen LogP contribution in [0.1, 0.15) is 17.8 Å². The van der Waals surface area contributed by atoms with Gasteiger partial charge in [0.2, 0.25) is 0 Å². The number of aliphatic hydroxyl groups is 1. The van der Waals surface area contributed by atoms with E-state index in [-0.39, 0.29) is 0 Å². The number of benzene rings is 1. The monoisotopic (exact) mass is 399 g/mol. The predicted molar refractivity (Wildman–Crippen MR) is 113 cm³/mol. The number of β-amino-alcohol motifs (C(OH)–C–C–N with tert-alkyl or cyclic N) is 1. The van der Waals surface area contributed by atoms with Gasteiger partial charge in [0, 0.05) is 71.8 Å². The van der Waals surface area contributed by atoms with E-state index in [0.717, 1.165) is 70.4 Å². The highest BCUT2D eigenvalue weighted by molar-refractivity contribution is 5.27. The highest BCUT2D eigenvalue weighted by atomic mass is 16.5. The zero-order valence-corrected chi connectivity index (χ0v) is 17.6. The van der Waals surface area contributed by atoms with Crippen molar-refractivity contribution in [3.05, 3.63) is 48.0 Å². The van der Waals surface area contributed by atoms with Crippen LogP contribution in [0, 0.1) is 0 Å². The van der Waals surface area contributed by atoms with Crippen molar-refractivity contribution in [1.29, 1.82) is 0 Å². The molecule has 1 atom stereocenters. The molecular weight excluding hydrogens is 366 g/mol. The van der Waals surface area contributed by atoms with Crippen molar-refractivity contribution >= 4 is 0 Å². The molecule has 2 saturated heterocycles. The van der Waals surface area contributed by atoms with Gasteiger partial charge in [-0.2, -0.15) is 0 Å². The van der Waals surface area contributed by atoms with Crippen molar-refractivity contribution in [3.8, 4) is 5.75 Å². The summed E-state index contributed by atoms with van der Waals surface area (Å²) in [5.41, 5.74) is 0.666. The lowest BCUT2D eigenvalue weighted by Gasteiger charge is -2.36. The molecule has 4 rings (SSSR count). The summed E-state index contributed by atoms with van der Waals surface area (Å²) in [6, 6.07) is 8.27. The Kier molecular flexibility index (Phi) is 6.20. The second kappa shape index (κ2) is 8.83. The van der Waals surface area contributed by atoms with Crippen LogP contribution in [0.15, 0.2) is 36.7 Å². The van der Waals surface area contributed by atoms with E-state index in [1.807, 2.05) is 29.9 Å². The van der Waals surface area contributed by atoms with E-state index in [9.17, 15) is 5.11 Å². The van der Waals surface area contributed by atoms with E-state index in [0.29, 0.717) is 6.61 Å². The molecule has 1 N–H and O–H groups in total. The van der Waals surface area contributed by atoms with E-state index < -0.39 is 5.60 Å². The van der Waals surface area contributed by atoms with Gasteiger partial charge >= 0.3 is 0 Å². The molecule has 1 aromatic carbocycles. The molecule has 2 aromatic rings. The number of aryl methyl sites for hydroxylation is 1. The summed E-state index contributed by atoms with van der Waals surface area (Å²) in [6.07, 6.45) is 4.55. The van der Waals surface area contributed by atoms with Gasteiger partial charge in [-0.1, -0.05) is 12.1 Å². The average molecular weight is 400 g/mol. The molecular formula is C22H33N5O2. The summed E-state index contributed by atoms with van der Waals surface area (Å²) in [5, 5.41) is 11.1. The first kappa shape index (κ1) is 20.3. The van der Waals surface area contributed by atoms with Gasteiger partial charge < -0.3 is 19.3 Å². The minimum Gasteiger partial charge on any atom is -0.486 e. The quantitative estimate of drug-likeness (QED) is 0.755. The van der Waals surface area contributed by atoms with E-state index in [4.69, 9.17) is 4.74 Å². The molecule has 158 valence electrons. The first-order valence-corrected chi connectivity index (χ1v) is 10.5. The minimum atomic E-state index is -0.582. The molecule has 2 aliphatic rings. The Bertz CT molecular complexity index is 785. The number of hydrogen-bond acceptors (Lipinski definition) is 6. The number of aromatic nitrogens is 2. The lowest BCUT2D eigenvalue weighted by Crippen LogP contribution is -2.51. The first-order chi connectivity index (χ1) is 14.0. The van der Waals surface area contributed by atoms with Crippen LogP contribution < -0.4 is 4.74 Å². The third-order valence-electron chi connectivity index (χ3n) is 6.14. The van der Waals surface area contributed by atoms with Crippen LogP contribution in [0.5, 0.6) is 5.75 Å². The van der Waals surface area contributed by atoms with E-state index >= 15 is 0 Å². The number of likely N-dealkylation sites (N-methyl/N-ethyl adjacent to an activating group) is 1. The normalized spacial score (nSPS) is 24.2. The summed E-state index contributed by atoms with van der Waals surface area (Å²) >= 11 is 0. The van der Waals surface area contributed by atoms with Crippen LogP contribution in [0.4, 0.5) is 0 Å². The van der Waals surface area contributed by atoms with E-state index in [1.54, 1.807) is 6.20 Å². The topological polar surface area (TPSA) is 57.0 Å². The van der Waals surface area contributed by atoms with Crippen LogP contribution in [0.2, 0.25) is 0 Å². The number of likely N-dealkylation sites (tertiary alicyclic amines) is 1. The summed E-state index contributed by atoms with van der Waals surface area (Å²) in [7, 11) is 4.13. The van der Waals surface area contributed by atoms with Crippen LogP contribution in [0.25, 0.3) is 0 Å². The van der Waals surface area contributed by atoms with Crippen LogP contribution in [-0.4, -0.2) is 87.8 Å². The highest BCUT2D eigenvalue weighted by Crippen LogP contribution is 2.25. The van der Waals surface area contributed by atoms with Gasteiger partial charge in [-0.3, -0.25) is 9.80 Å². The standard InChI is InChI=1S/C22H33N5O2/c1-24-11-13-26(14-12-24)17-22(28)7-9-27(18-22)15-19-3-5-20(6-4-19)29-16-21-23-8-10-25(21)2/h3-6,8,10,28H,7,9,11-18H2,1-2H3/t22-/m0/s1. The second-order valence-corrected chi connectivity index (χ2v) is 8.65. The predicted octanol–water partition coefficient (Wildman–Crippen LogP) is 1.18. The maximum atomic E-state index is 11.1. The van der Waals surface area contributed by atoms with Gasteiger partial charge in [0.15, 0.2) is 0 Å². The zero-order valence-electron chi connectivity index (χ0n) is 17.6. The number of nitrogens with zero attached hydrogens (tertiary/aromatic N) is 5. The van der Waals surface area contributed by atoms with Gasteiger partial charge in [-0.15, -0.1) is 0 Å². The molecule has 1 aromatic heterocycles. The Morgan fingerprint density at radius 2 is 1.79 bits per heavy atom. The van der Waals surface area contributed by atoms with Crippen LogP contribution in [-0.2, 0) is 20.2 Å². The molecule has 2 aliphatic heterocycles. The van der Waals surface area contributed by atoms with E-state index in [2.05, 4.69) is 38.9 Å². The molecule has 0 unspecified atom stereocenters. The second-order valence-electron chi connectivity index (χ2n) is 8.65. The van der Waals surface area contributed by atoms with Crippen molar-refractivity contribution in [2.45, 2.75) is 25.2 Å². The lowest BCUT2D eigenvalue weighted by atomic mass is 10.0. The zero-order chi connectivity index (χ0) is 20.3. The van der Waals surface area contributed by atoms with Crippen molar-refractivity contribution in [2.24, 2.45) is 7.05 Å². The number of ether oxygens (including phenoxy) is 1. The molecule has 0 saturated carbocycles. The maximum Gasteiger partial charge on any atom is 0.146 e. The van der Waals surface area contributed by atoms with Crippen LogP contribution >= 0.6 is 0 Å². The van der Waals surface area contributed by atoms with Crippen molar-refractivity contribution < 1.29 is 9.84 Å². The third-order valence-corrected chi connectivity index (χ3v) is 6.14. The number of rotatable bonds is 7. The Morgan fingerprint density at radius 3 is 2.48 bits per heavy atom. The molecule has 29 heavy (non-hydrogen) atoms. The fourth-order valence-corrected chi connectivity index (χ4v) is 4.26. The molecule has 3 heterocycles. The number of piperazine rings is 1. The van der Waals surface area contributed by atoms with Crippen molar-refractivity contribution in [3.63, 3.8) is 0 Å². The largest absolute Gasteiger partial charge is 0.486 e. The van der Waals surface area contributed by atoms with Gasteiger partial charge in [0.1, 0.15) is 18.2 Å². The molecule has 0 aliphatic carbocycles. The molecule has 2 fully saturated rings. The first-order valence-electron chi connectivity index (χ1n) is 10.5. The molecule has 0 amide bonds. The smallest absolute Gasteiger partial charge is 0.146 e. The Hall–Kier alpha value is -1.93. The molecule has 0 spiro atoms. The summed E-state index contributed by atoms with van der Waals surface area (Å²) < 4.78 is 7.80.